The number of hydrogen-bond donors (Lipinski definition) is 2. The highest BCUT2D eigenvalue weighted by atomic mass is 32.2. The molecular formula is C28H25F3N4O4S. The van der Waals surface area contributed by atoms with Crippen molar-refractivity contribution in [2.45, 2.75) is 24.1 Å². The quantitative estimate of drug-likeness (QED) is 0.259. The molecule has 0 saturated carbocycles. The van der Waals surface area contributed by atoms with E-state index in [4.69, 9.17) is 5.14 Å². The number of carbonyl (C=O) groups is 1. The molecule has 12 heteroatoms. The maximum Gasteiger partial charge on any atom is 0.573 e. The van der Waals surface area contributed by atoms with E-state index in [1.165, 1.54) is 36.4 Å². The standard InChI is InChI=1S/C28H25F3N4O4S/c1-35(23-13-14-33-27(18-23)34-21-3-2-4-26(17-21)40(32,37)38)22-9-5-19(6-10-22)15-24(36)16-20-7-11-25(12-8-20)39-28(29,30)31/h2-14,17-18H,15-16H2,1H3,(H,33,34)(H2,32,37,38). The van der Waals surface area contributed by atoms with Gasteiger partial charge in [0.25, 0.3) is 0 Å². The number of rotatable bonds is 10. The Labute approximate surface area is 229 Å². The van der Waals surface area contributed by atoms with Crippen LogP contribution in [0.5, 0.6) is 5.75 Å². The fourth-order valence-electron chi connectivity index (χ4n) is 3.91. The molecule has 0 fully saturated rings. The van der Waals surface area contributed by atoms with Crippen LogP contribution >= 0.6 is 0 Å². The Hall–Kier alpha value is -4.42. The predicted octanol–water partition coefficient (Wildman–Crippen LogP) is 5.49. The van der Waals surface area contributed by atoms with E-state index >= 15 is 0 Å². The molecule has 0 aliphatic carbocycles. The molecule has 1 aromatic heterocycles. The molecule has 40 heavy (non-hydrogen) atoms. The third-order valence-electron chi connectivity index (χ3n) is 5.85. The molecule has 1 heterocycles. The summed E-state index contributed by atoms with van der Waals surface area (Å²) in [6.07, 6.45) is -2.89. The van der Waals surface area contributed by atoms with E-state index in [0.717, 1.165) is 16.9 Å². The first kappa shape index (κ1) is 28.6. The molecule has 0 aliphatic rings. The monoisotopic (exact) mass is 570 g/mol. The average Bonchev–Trinajstić information content (AvgIpc) is 2.89. The molecule has 0 radical (unpaired) electrons. The smallest absolute Gasteiger partial charge is 0.406 e. The van der Waals surface area contributed by atoms with Gasteiger partial charge in [0.05, 0.1) is 4.90 Å². The highest BCUT2D eigenvalue weighted by Crippen LogP contribution is 2.27. The molecule has 208 valence electrons. The van der Waals surface area contributed by atoms with Gasteiger partial charge in [0.15, 0.2) is 0 Å². The molecule has 0 aliphatic heterocycles. The molecule has 0 bridgehead atoms. The van der Waals surface area contributed by atoms with Crippen LogP contribution in [0.2, 0.25) is 0 Å². The van der Waals surface area contributed by atoms with E-state index in [1.807, 2.05) is 42.3 Å². The Morgan fingerprint density at radius 3 is 2.15 bits per heavy atom. The Bertz CT molecular complexity index is 1590. The largest absolute Gasteiger partial charge is 0.573 e. The molecule has 0 atom stereocenters. The first-order chi connectivity index (χ1) is 18.9. The summed E-state index contributed by atoms with van der Waals surface area (Å²) in [7, 11) is -1.97. The Balaban J connectivity index is 1.37. The first-order valence-corrected chi connectivity index (χ1v) is 13.5. The van der Waals surface area contributed by atoms with Gasteiger partial charge in [-0.1, -0.05) is 30.3 Å². The van der Waals surface area contributed by atoms with E-state index < -0.39 is 16.4 Å². The van der Waals surface area contributed by atoms with Crippen LogP contribution < -0.4 is 20.1 Å². The van der Waals surface area contributed by atoms with Gasteiger partial charge in [0.1, 0.15) is 17.4 Å². The minimum Gasteiger partial charge on any atom is -0.406 e. The SMILES string of the molecule is CN(c1ccc(CC(=O)Cc2ccc(OC(F)(F)F)cc2)cc1)c1ccnc(Nc2cccc(S(N)(=O)=O)c2)c1. The second-order valence-corrected chi connectivity index (χ2v) is 10.5. The van der Waals surface area contributed by atoms with Crippen LogP contribution in [0.1, 0.15) is 11.1 Å². The summed E-state index contributed by atoms with van der Waals surface area (Å²) in [6, 6.07) is 22.4. The summed E-state index contributed by atoms with van der Waals surface area (Å²) in [5, 5.41) is 8.28. The van der Waals surface area contributed by atoms with Crippen LogP contribution in [0.15, 0.2) is 96.0 Å². The van der Waals surface area contributed by atoms with Crippen molar-refractivity contribution in [3.63, 3.8) is 0 Å². The zero-order valence-electron chi connectivity index (χ0n) is 21.2. The van der Waals surface area contributed by atoms with Gasteiger partial charge in [-0.15, -0.1) is 13.2 Å². The maximum absolute atomic E-state index is 12.5. The number of primary sulfonamides is 1. The molecule has 4 aromatic rings. The summed E-state index contributed by atoms with van der Waals surface area (Å²) >= 11 is 0. The Morgan fingerprint density at radius 2 is 1.55 bits per heavy atom. The van der Waals surface area contributed by atoms with Crippen molar-refractivity contribution in [1.29, 1.82) is 0 Å². The van der Waals surface area contributed by atoms with E-state index in [2.05, 4.69) is 15.0 Å². The number of ketones is 1. The molecule has 3 aromatic carbocycles. The molecular weight excluding hydrogens is 545 g/mol. The second kappa shape index (κ2) is 11.8. The lowest BCUT2D eigenvalue weighted by Gasteiger charge is -2.20. The number of anilines is 4. The van der Waals surface area contributed by atoms with Crippen LogP contribution in [0.3, 0.4) is 0 Å². The van der Waals surface area contributed by atoms with Crippen molar-refractivity contribution >= 4 is 38.7 Å². The number of nitrogens with one attached hydrogen (secondary N) is 1. The molecule has 0 amide bonds. The summed E-state index contributed by atoms with van der Waals surface area (Å²) in [5.74, 6) is 0.0786. The number of carbonyl (C=O) groups excluding carboxylic acids is 1. The van der Waals surface area contributed by atoms with Crippen molar-refractivity contribution in [2.24, 2.45) is 5.14 Å². The zero-order valence-corrected chi connectivity index (χ0v) is 22.0. The van der Waals surface area contributed by atoms with Crippen LogP contribution in [-0.2, 0) is 27.7 Å². The number of nitrogens with two attached hydrogens (primary N) is 1. The number of sulfonamides is 1. The van der Waals surface area contributed by atoms with E-state index in [0.29, 0.717) is 17.1 Å². The minimum atomic E-state index is -4.77. The third-order valence-corrected chi connectivity index (χ3v) is 6.76. The zero-order chi connectivity index (χ0) is 28.9. The normalized spacial score (nSPS) is 11.6. The van der Waals surface area contributed by atoms with Gasteiger partial charge in [-0.25, -0.2) is 18.5 Å². The topological polar surface area (TPSA) is 115 Å². The highest BCUT2D eigenvalue weighted by molar-refractivity contribution is 7.89. The van der Waals surface area contributed by atoms with Crippen molar-refractivity contribution in [2.75, 3.05) is 17.3 Å². The van der Waals surface area contributed by atoms with Crippen molar-refractivity contribution in [3.8, 4) is 5.75 Å². The number of halogens is 3. The number of hydrogen-bond acceptors (Lipinski definition) is 7. The number of nitrogens with zero attached hydrogens (tertiary/aromatic N) is 2. The number of pyridine rings is 1. The summed E-state index contributed by atoms with van der Waals surface area (Å²) < 4.78 is 64.0. The average molecular weight is 571 g/mol. The maximum atomic E-state index is 12.5. The van der Waals surface area contributed by atoms with Crippen molar-refractivity contribution in [3.05, 3.63) is 102 Å². The van der Waals surface area contributed by atoms with Gasteiger partial charge in [0, 0.05) is 49.2 Å². The fraction of sp³-hybridized carbons (Fsp3) is 0.143. The summed E-state index contributed by atoms with van der Waals surface area (Å²) in [6.45, 7) is 0. The van der Waals surface area contributed by atoms with Crippen molar-refractivity contribution in [1.82, 2.24) is 4.98 Å². The Kier molecular flexibility index (Phi) is 8.40. The van der Waals surface area contributed by atoms with Crippen molar-refractivity contribution < 1.29 is 31.1 Å². The first-order valence-electron chi connectivity index (χ1n) is 11.9. The lowest BCUT2D eigenvalue weighted by molar-refractivity contribution is -0.274. The molecule has 0 spiro atoms. The van der Waals surface area contributed by atoms with Crippen LogP contribution in [0.25, 0.3) is 0 Å². The number of alkyl halides is 3. The molecule has 0 saturated heterocycles. The molecule has 3 N–H and O–H groups in total. The Morgan fingerprint density at radius 1 is 0.925 bits per heavy atom. The van der Waals surface area contributed by atoms with Crippen LogP contribution in [-0.4, -0.2) is 32.6 Å². The predicted molar refractivity (Wildman–Crippen MR) is 145 cm³/mol. The molecule has 8 nitrogen and oxygen atoms in total. The van der Waals surface area contributed by atoms with E-state index in [-0.39, 0.29) is 29.3 Å². The second-order valence-electron chi connectivity index (χ2n) is 8.91. The summed E-state index contributed by atoms with van der Waals surface area (Å²) in [5.41, 5.74) is 3.56. The highest BCUT2D eigenvalue weighted by Gasteiger charge is 2.31. The van der Waals surface area contributed by atoms with Gasteiger partial charge in [-0.05, 0) is 59.7 Å². The van der Waals surface area contributed by atoms with E-state index in [1.54, 1.807) is 24.4 Å². The van der Waals surface area contributed by atoms with Crippen LogP contribution in [0.4, 0.5) is 36.1 Å². The van der Waals surface area contributed by atoms with Gasteiger partial charge in [-0.2, -0.15) is 0 Å². The lowest BCUT2D eigenvalue weighted by atomic mass is 10.0. The summed E-state index contributed by atoms with van der Waals surface area (Å²) in [4.78, 5) is 18.7. The van der Waals surface area contributed by atoms with Gasteiger partial charge in [-0.3, -0.25) is 4.79 Å². The van der Waals surface area contributed by atoms with Gasteiger partial charge in [0.2, 0.25) is 10.0 Å². The molecule has 4 rings (SSSR count). The molecule has 0 unspecified atom stereocenters. The fourth-order valence-corrected chi connectivity index (χ4v) is 4.47. The van der Waals surface area contributed by atoms with Crippen LogP contribution in [0, 0.1) is 0 Å². The van der Waals surface area contributed by atoms with Gasteiger partial charge >= 0.3 is 6.36 Å². The number of benzene rings is 3. The third kappa shape index (κ3) is 8.04. The number of ether oxygens (including phenoxy) is 1. The number of aromatic nitrogens is 1. The van der Waals surface area contributed by atoms with E-state index in [9.17, 15) is 26.4 Å². The minimum absolute atomic E-state index is 0.0159. The lowest BCUT2D eigenvalue weighted by Crippen LogP contribution is -2.17. The van der Waals surface area contributed by atoms with Gasteiger partial charge < -0.3 is 15.0 Å². The number of Topliss-reactive ketones (excluding diaryl/α,β-unsaturated/α-hetero) is 1.